The van der Waals surface area contributed by atoms with Crippen LogP contribution in [-0.4, -0.2) is 18.5 Å². The number of aryl methyl sites for hydroxylation is 2. The predicted octanol–water partition coefficient (Wildman–Crippen LogP) is 3.45. The fraction of sp³-hybridized carbons (Fsp3) is 0.350. The third-order valence-electron chi connectivity index (χ3n) is 4.72. The zero-order valence-electron chi connectivity index (χ0n) is 13.9. The van der Waals surface area contributed by atoms with Gasteiger partial charge < -0.3 is 10.2 Å². The minimum absolute atomic E-state index is 0.0804. The molecule has 0 radical (unpaired) electrons. The van der Waals surface area contributed by atoms with Crippen LogP contribution in [-0.2, 0) is 17.8 Å². The Kier molecular flexibility index (Phi) is 4.65. The van der Waals surface area contributed by atoms with Crippen molar-refractivity contribution in [2.24, 2.45) is 0 Å². The summed E-state index contributed by atoms with van der Waals surface area (Å²) >= 11 is 0. The number of nitrogens with zero attached hydrogens (tertiary/aromatic N) is 1. The molecule has 1 amide bonds. The van der Waals surface area contributed by atoms with Gasteiger partial charge in [-0.1, -0.05) is 42.5 Å². The van der Waals surface area contributed by atoms with E-state index >= 15 is 0 Å². The van der Waals surface area contributed by atoms with Crippen LogP contribution < -0.4 is 10.2 Å². The van der Waals surface area contributed by atoms with E-state index in [-0.39, 0.29) is 5.91 Å². The van der Waals surface area contributed by atoms with Crippen molar-refractivity contribution in [2.45, 2.75) is 39.3 Å². The van der Waals surface area contributed by atoms with Crippen molar-refractivity contribution in [1.29, 1.82) is 0 Å². The summed E-state index contributed by atoms with van der Waals surface area (Å²) in [5.74, 6) is 0.0804. The Bertz CT molecular complexity index is 696. The van der Waals surface area contributed by atoms with Gasteiger partial charge in [0.2, 0.25) is 5.91 Å². The summed E-state index contributed by atoms with van der Waals surface area (Å²) < 4.78 is 0. The summed E-state index contributed by atoms with van der Waals surface area (Å²) in [7, 11) is 0. The maximum Gasteiger partial charge on any atom is 0.239 e. The van der Waals surface area contributed by atoms with E-state index in [0.717, 1.165) is 12.8 Å². The van der Waals surface area contributed by atoms with Gasteiger partial charge >= 0.3 is 0 Å². The molecular weight excluding hydrogens is 284 g/mol. The molecule has 0 aliphatic carbocycles. The Balaban J connectivity index is 1.65. The molecule has 1 atom stereocenters. The van der Waals surface area contributed by atoms with Crippen LogP contribution in [0, 0.1) is 6.92 Å². The first kappa shape index (κ1) is 15.6. The molecule has 3 heteroatoms. The second-order valence-electron chi connectivity index (χ2n) is 6.35. The molecule has 0 aromatic heterocycles. The molecule has 3 nitrogen and oxygen atoms in total. The molecule has 1 heterocycles. The Hall–Kier alpha value is -2.29. The summed E-state index contributed by atoms with van der Waals surface area (Å²) in [6.07, 6.45) is 2.20. The highest BCUT2D eigenvalue weighted by atomic mass is 16.2. The second-order valence-corrected chi connectivity index (χ2v) is 6.35. The van der Waals surface area contributed by atoms with Crippen LogP contribution in [0.3, 0.4) is 0 Å². The van der Waals surface area contributed by atoms with Gasteiger partial charge in [0.05, 0.1) is 6.54 Å². The normalized spacial score (nSPS) is 16.8. The lowest BCUT2D eigenvalue weighted by atomic mass is 9.96. The number of hydrogen-bond donors (Lipinski definition) is 1. The van der Waals surface area contributed by atoms with Crippen molar-refractivity contribution in [3.63, 3.8) is 0 Å². The molecule has 1 N–H and O–H groups in total. The van der Waals surface area contributed by atoms with Crippen molar-refractivity contribution in [2.75, 3.05) is 11.4 Å². The van der Waals surface area contributed by atoms with Crippen LogP contribution in [0.5, 0.6) is 0 Å². The van der Waals surface area contributed by atoms with Gasteiger partial charge in [-0.15, -0.1) is 0 Å². The van der Waals surface area contributed by atoms with Crippen molar-refractivity contribution in [3.05, 3.63) is 65.2 Å². The number of para-hydroxylation sites is 1. The average molecular weight is 308 g/mol. The molecule has 0 unspecified atom stereocenters. The number of carbonyl (C=O) groups excluding carboxylic acids is 1. The van der Waals surface area contributed by atoms with Gasteiger partial charge in [0.1, 0.15) is 0 Å². The van der Waals surface area contributed by atoms with Crippen molar-refractivity contribution < 1.29 is 4.79 Å². The minimum Gasteiger partial charge on any atom is -0.359 e. The quantitative estimate of drug-likeness (QED) is 0.938. The Morgan fingerprint density at radius 2 is 1.91 bits per heavy atom. The van der Waals surface area contributed by atoms with Crippen LogP contribution in [0.4, 0.5) is 5.69 Å². The number of rotatable bonds is 4. The van der Waals surface area contributed by atoms with E-state index in [4.69, 9.17) is 0 Å². The lowest BCUT2D eigenvalue weighted by Crippen LogP contribution is -2.44. The zero-order valence-corrected chi connectivity index (χ0v) is 13.9. The maximum atomic E-state index is 12.4. The lowest BCUT2D eigenvalue weighted by molar-refractivity contribution is -0.120. The number of anilines is 1. The van der Waals surface area contributed by atoms with Crippen molar-refractivity contribution in [1.82, 2.24) is 5.32 Å². The summed E-state index contributed by atoms with van der Waals surface area (Å²) in [6.45, 7) is 5.29. The number of fused-ring (bicyclic) bond motifs is 1. The maximum absolute atomic E-state index is 12.4. The van der Waals surface area contributed by atoms with E-state index in [1.807, 2.05) is 12.1 Å². The van der Waals surface area contributed by atoms with Gasteiger partial charge in [0.15, 0.2) is 0 Å². The van der Waals surface area contributed by atoms with Crippen molar-refractivity contribution in [3.8, 4) is 0 Å². The van der Waals surface area contributed by atoms with E-state index in [2.05, 4.69) is 60.5 Å². The van der Waals surface area contributed by atoms with Crippen LogP contribution in [0.15, 0.2) is 48.5 Å². The van der Waals surface area contributed by atoms with E-state index in [0.29, 0.717) is 19.1 Å². The Labute approximate surface area is 138 Å². The molecule has 2 aromatic carbocycles. The van der Waals surface area contributed by atoms with E-state index in [1.54, 1.807) is 0 Å². The highest BCUT2D eigenvalue weighted by Crippen LogP contribution is 2.29. The molecule has 1 aliphatic rings. The zero-order chi connectivity index (χ0) is 16.2. The van der Waals surface area contributed by atoms with Crippen LogP contribution in [0.25, 0.3) is 0 Å². The van der Waals surface area contributed by atoms with Gasteiger partial charge in [-0.05, 0) is 49.4 Å². The molecule has 2 aromatic rings. The largest absolute Gasteiger partial charge is 0.359 e. The molecule has 120 valence electrons. The van der Waals surface area contributed by atoms with E-state index < -0.39 is 0 Å². The minimum atomic E-state index is 0.0804. The number of hydrogen-bond acceptors (Lipinski definition) is 2. The number of nitrogens with one attached hydrogen (secondary N) is 1. The number of benzene rings is 2. The monoisotopic (exact) mass is 308 g/mol. The smallest absolute Gasteiger partial charge is 0.239 e. The van der Waals surface area contributed by atoms with Crippen molar-refractivity contribution >= 4 is 11.6 Å². The Morgan fingerprint density at radius 3 is 2.74 bits per heavy atom. The van der Waals surface area contributed by atoms with Crippen LogP contribution in [0.1, 0.15) is 30.0 Å². The average Bonchev–Trinajstić information content (AvgIpc) is 2.57. The number of carbonyl (C=O) groups is 1. The topological polar surface area (TPSA) is 32.3 Å². The first-order valence-corrected chi connectivity index (χ1v) is 8.31. The highest BCUT2D eigenvalue weighted by Gasteiger charge is 2.24. The first-order valence-electron chi connectivity index (χ1n) is 8.31. The third kappa shape index (κ3) is 3.55. The van der Waals surface area contributed by atoms with Gasteiger partial charge in [0, 0.05) is 18.3 Å². The molecule has 0 spiro atoms. The van der Waals surface area contributed by atoms with E-state index in [9.17, 15) is 4.79 Å². The summed E-state index contributed by atoms with van der Waals surface area (Å²) in [6, 6.07) is 17.0. The van der Waals surface area contributed by atoms with Gasteiger partial charge in [-0.3, -0.25) is 4.79 Å². The van der Waals surface area contributed by atoms with E-state index in [1.165, 1.54) is 22.4 Å². The van der Waals surface area contributed by atoms with Gasteiger partial charge in [-0.25, -0.2) is 0 Å². The summed E-state index contributed by atoms with van der Waals surface area (Å²) in [5.41, 5.74) is 4.94. The molecule has 3 rings (SSSR count). The number of amides is 1. The molecule has 0 fully saturated rings. The van der Waals surface area contributed by atoms with Crippen LogP contribution in [0.2, 0.25) is 0 Å². The first-order chi connectivity index (χ1) is 11.1. The molecule has 1 aliphatic heterocycles. The Morgan fingerprint density at radius 1 is 1.17 bits per heavy atom. The van der Waals surface area contributed by atoms with Gasteiger partial charge in [-0.2, -0.15) is 0 Å². The standard InChI is InChI=1S/C20H24N2O/c1-15-7-3-4-9-18(15)13-21-20(23)14-22-16(2)11-12-17-8-5-6-10-19(17)22/h3-10,16H,11-14H2,1-2H3,(H,21,23)/t16-/m1/s1. The fourth-order valence-electron chi connectivity index (χ4n) is 3.21. The molecule has 0 saturated carbocycles. The highest BCUT2D eigenvalue weighted by molar-refractivity contribution is 5.82. The molecule has 23 heavy (non-hydrogen) atoms. The predicted molar refractivity (Wildman–Crippen MR) is 94.6 cm³/mol. The van der Waals surface area contributed by atoms with Gasteiger partial charge in [0.25, 0.3) is 0 Å². The molecule has 0 bridgehead atoms. The SMILES string of the molecule is Cc1ccccc1CNC(=O)CN1c2ccccc2CC[C@H]1C. The fourth-order valence-corrected chi connectivity index (χ4v) is 3.21. The summed E-state index contributed by atoms with van der Waals surface area (Å²) in [4.78, 5) is 14.6. The molecular formula is C20H24N2O. The third-order valence-corrected chi connectivity index (χ3v) is 4.72. The van der Waals surface area contributed by atoms with Crippen LogP contribution >= 0.6 is 0 Å². The lowest BCUT2D eigenvalue weighted by Gasteiger charge is -2.36. The molecule has 0 saturated heterocycles. The summed E-state index contributed by atoms with van der Waals surface area (Å²) in [5, 5.41) is 3.06. The second kappa shape index (κ2) is 6.86.